The van der Waals surface area contributed by atoms with E-state index in [9.17, 15) is 0 Å². The standard InChI is InChI=1S/C13H21NS/c1-13(2,3)12-7-6-11(15-12)10(14)8-9-4-5-9/h6-7,9-10H,4-5,8,14H2,1-3H3. The molecular weight excluding hydrogens is 202 g/mol. The second-order valence-electron chi connectivity index (χ2n) is 5.74. The third kappa shape index (κ3) is 2.82. The van der Waals surface area contributed by atoms with Gasteiger partial charge in [0.15, 0.2) is 0 Å². The van der Waals surface area contributed by atoms with Crippen molar-refractivity contribution in [2.75, 3.05) is 0 Å². The third-order valence-corrected chi connectivity index (χ3v) is 4.66. The summed E-state index contributed by atoms with van der Waals surface area (Å²) in [7, 11) is 0. The molecule has 1 aromatic heterocycles. The van der Waals surface area contributed by atoms with Gasteiger partial charge in [0.2, 0.25) is 0 Å². The molecule has 1 heterocycles. The average molecular weight is 223 g/mol. The summed E-state index contributed by atoms with van der Waals surface area (Å²) in [5.41, 5.74) is 6.47. The second-order valence-corrected chi connectivity index (χ2v) is 6.85. The van der Waals surface area contributed by atoms with Gasteiger partial charge in [-0.25, -0.2) is 0 Å². The fraction of sp³-hybridized carbons (Fsp3) is 0.692. The lowest BCUT2D eigenvalue weighted by molar-refractivity contribution is 0.603. The molecular formula is C13H21NS. The molecule has 1 unspecified atom stereocenters. The molecule has 0 aliphatic heterocycles. The summed E-state index contributed by atoms with van der Waals surface area (Å²) in [5, 5.41) is 0. The largest absolute Gasteiger partial charge is 0.323 e. The fourth-order valence-electron chi connectivity index (χ4n) is 1.78. The highest BCUT2D eigenvalue weighted by molar-refractivity contribution is 7.12. The molecule has 1 aliphatic carbocycles. The first-order chi connectivity index (χ1) is 6.97. The van der Waals surface area contributed by atoms with Crippen LogP contribution in [-0.4, -0.2) is 0 Å². The molecule has 84 valence electrons. The number of hydrogen-bond donors (Lipinski definition) is 1. The molecule has 15 heavy (non-hydrogen) atoms. The Morgan fingerprint density at radius 3 is 2.53 bits per heavy atom. The number of thiophene rings is 1. The SMILES string of the molecule is CC(C)(C)c1ccc(C(N)CC2CC2)s1. The van der Waals surface area contributed by atoms with Gasteiger partial charge in [-0.3, -0.25) is 0 Å². The van der Waals surface area contributed by atoms with Gasteiger partial charge in [-0.05, 0) is 29.9 Å². The first-order valence-corrected chi connectivity index (χ1v) is 6.64. The zero-order valence-electron chi connectivity index (χ0n) is 9.92. The fourth-order valence-corrected chi connectivity index (χ4v) is 2.86. The smallest absolute Gasteiger partial charge is 0.0392 e. The maximum absolute atomic E-state index is 6.20. The van der Waals surface area contributed by atoms with Crippen molar-refractivity contribution < 1.29 is 0 Å². The maximum Gasteiger partial charge on any atom is 0.0392 e. The van der Waals surface area contributed by atoms with E-state index < -0.39 is 0 Å². The summed E-state index contributed by atoms with van der Waals surface area (Å²) < 4.78 is 0. The summed E-state index contributed by atoms with van der Waals surface area (Å²) in [6.07, 6.45) is 3.97. The van der Waals surface area contributed by atoms with E-state index in [-0.39, 0.29) is 11.5 Å². The first-order valence-electron chi connectivity index (χ1n) is 5.82. The van der Waals surface area contributed by atoms with Crippen LogP contribution >= 0.6 is 11.3 Å². The van der Waals surface area contributed by atoms with Crippen LogP contribution in [0.25, 0.3) is 0 Å². The number of rotatable bonds is 3. The van der Waals surface area contributed by atoms with Gasteiger partial charge in [-0.15, -0.1) is 11.3 Å². The van der Waals surface area contributed by atoms with Crippen LogP contribution in [0.1, 0.15) is 55.8 Å². The zero-order chi connectivity index (χ0) is 11.1. The lowest BCUT2D eigenvalue weighted by atomic mass is 9.95. The maximum atomic E-state index is 6.20. The van der Waals surface area contributed by atoms with Gasteiger partial charge in [0.05, 0.1) is 0 Å². The predicted molar refractivity (Wildman–Crippen MR) is 67.3 cm³/mol. The Morgan fingerprint density at radius 1 is 1.40 bits per heavy atom. The van der Waals surface area contributed by atoms with Crippen molar-refractivity contribution in [3.05, 3.63) is 21.9 Å². The van der Waals surface area contributed by atoms with Gasteiger partial charge >= 0.3 is 0 Å². The summed E-state index contributed by atoms with van der Waals surface area (Å²) in [5.74, 6) is 0.917. The van der Waals surface area contributed by atoms with E-state index in [0.29, 0.717) is 0 Å². The highest BCUT2D eigenvalue weighted by Gasteiger charge is 2.26. The van der Waals surface area contributed by atoms with Crippen LogP contribution < -0.4 is 5.73 Å². The van der Waals surface area contributed by atoms with Crippen molar-refractivity contribution >= 4 is 11.3 Å². The van der Waals surface area contributed by atoms with Crippen LogP contribution in [0.2, 0.25) is 0 Å². The van der Waals surface area contributed by atoms with E-state index in [1.54, 1.807) is 0 Å². The van der Waals surface area contributed by atoms with Gasteiger partial charge in [-0.2, -0.15) is 0 Å². The van der Waals surface area contributed by atoms with E-state index in [1.165, 1.54) is 29.0 Å². The Kier molecular flexibility index (Phi) is 2.91. The molecule has 0 aromatic carbocycles. The van der Waals surface area contributed by atoms with Crippen LogP contribution in [0.15, 0.2) is 12.1 Å². The van der Waals surface area contributed by atoms with Crippen LogP contribution in [0.3, 0.4) is 0 Å². The highest BCUT2D eigenvalue weighted by Crippen LogP contribution is 2.39. The first kappa shape index (κ1) is 11.2. The molecule has 1 fully saturated rings. The van der Waals surface area contributed by atoms with Crippen molar-refractivity contribution in [3.8, 4) is 0 Å². The molecule has 1 aromatic rings. The summed E-state index contributed by atoms with van der Waals surface area (Å²) in [4.78, 5) is 2.82. The highest BCUT2D eigenvalue weighted by atomic mass is 32.1. The van der Waals surface area contributed by atoms with Crippen LogP contribution in [0.4, 0.5) is 0 Å². The Bertz CT molecular complexity index is 331. The van der Waals surface area contributed by atoms with E-state index in [0.717, 1.165) is 5.92 Å². The third-order valence-electron chi connectivity index (χ3n) is 3.02. The summed E-state index contributed by atoms with van der Waals surface area (Å²) in [6.45, 7) is 6.78. The van der Waals surface area contributed by atoms with Gasteiger partial charge in [-0.1, -0.05) is 33.6 Å². The molecule has 2 heteroatoms. The normalized spacial score (nSPS) is 19.2. The van der Waals surface area contributed by atoms with Crippen LogP contribution in [0.5, 0.6) is 0 Å². The van der Waals surface area contributed by atoms with Crippen LogP contribution in [-0.2, 0) is 5.41 Å². The molecule has 1 aliphatic rings. The average Bonchev–Trinajstić information content (AvgIpc) is 2.80. The molecule has 0 spiro atoms. The van der Waals surface area contributed by atoms with Crippen LogP contribution in [0, 0.1) is 5.92 Å². The molecule has 0 radical (unpaired) electrons. The lowest BCUT2D eigenvalue weighted by Gasteiger charge is -2.15. The van der Waals surface area contributed by atoms with E-state index in [2.05, 4.69) is 32.9 Å². The van der Waals surface area contributed by atoms with Crippen molar-refractivity contribution in [3.63, 3.8) is 0 Å². The Hall–Kier alpha value is -0.340. The van der Waals surface area contributed by atoms with Crippen molar-refractivity contribution in [2.45, 2.75) is 51.5 Å². The summed E-state index contributed by atoms with van der Waals surface area (Å²) >= 11 is 1.89. The molecule has 1 saturated carbocycles. The van der Waals surface area contributed by atoms with E-state index in [4.69, 9.17) is 5.73 Å². The number of nitrogens with two attached hydrogens (primary N) is 1. The topological polar surface area (TPSA) is 26.0 Å². The van der Waals surface area contributed by atoms with Gasteiger partial charge in [0.25, 0.3) is 0 Å². The van der Waals surface area contributed by atoms with Crippen molar-refractivity contribution in [1.29, 1.82) is 0 Å². The molecule has 0 saturated heterocycles. The Labute approximate surface area is 96.7 Å². The van der Waals surface area contributed by atoms with Crippen molar-refractivity contribution in [2.24, 2.45) is 11.7 Å². The zero-order valence-corrected chi connectivity index (χ0v) is 10.7. The van der Waals surface area contributed by atoms with E-state index in [1.807, 2.05) is 11.3 Å². The molecule has 1 nitrogen and oxygen atoms in total. The van der Waals surface area contributed by atoms with Gasteiger partial charge in [0, 0.05) is 15.8 Å². The summed E-state index contributed by atoms with van der Waals surface area (Å²) in [6, 6.07) is 4.74. The second kappa shape index (κ2) is 3.91. The van der Waals surface area contributed by atoms with E-state index >= 15 is 0 Å². The predicted octanol–water partition coefficient (Wildman–Crippen LogP) is 3.85. The molecule has 1 atom stereocenters. The molecule has 2 rings (SSSR count). The molecule has 0 bridgehead atoms. The number of hydrogen-bond acceptors (Lipinski definition) is 2. The monoisotopic (exact) mass is 223 g/mol. The molecule has 2 N–H and O–H groups in total. The minimum atomic E-state index is 0.266. The van der Waals surface area contributed by atoms with Gasteiger partial charge < -0.3 is 5.73 Å². The minimum Gasteiger partial charge on any atom is -0.323 e. The van der Waals surface area contributed by atoms with Gasteiger partial charge in [0.1, 0.15) is 0 Å². The minimum absolute atomic E-state index is 0.266. The van der Waals surface area contributed by atoms with Crippen molar-refractivity contribution in [1.82, 2.24) is 0 Å². The Morgan fingerprint density at radius 2 is 2.07 bits per heavy atom. The quantitative estimate of drug-likeness (QED) is 0.827. The lowest BCUT2D eigenvalue weighted by Crippen LogP contribution is -2.10. The Balaban J connectivity index is 2.05. The molecule has 0 amide bonds.